The number of aromatic nitrogens is 3. The van der Waals surface area contributed by atoms with E-state index < -0.39 is 5.97 Å². The third-order valence-corrected chi connectivity index (χ3v) is 3.48. The minimum absolute atomic E-state index is 0.00531. The van der Waals surface area contributed by atoms with E-state index in [0.29, 0.717) is 16.5 Å². The highest BCUT2D eigenvalue weighted by molar-refractivity contribution is 7.99. The molecule has 1 heterocycles. The molecular formula is C9H13N3O2S. The molecule has 1 fully saturated rings. The van der Waals surface area contributed by atoms with E-state index in [9.17, 15) is 4.79 Å². The van der Waals surface area contributed by atoms with Gasteiger partial charge in [0.25, 0.3) is 0 Å². The zero-order valence-electron chi connectivity index (χ0n) is 8.65. The molecule has 2 N–H and O–H groups in total. The minimum atomic E-state index is -0.849. The molecule has 1 aromatic heterocycles. The number of carboxylic acids is 1. The van der Waals surface area contributed by atoms with Crippen molar-refractivity contribution in [3.8, 4) is 0 Å². The molecule has 1 aliphatic rings. The van der Waals surface area contributed by atoms with Crippen LogP contribution in [0.3, 0.4) is 0 Å². The number of nitrogens with one attached hydrogen (secondary N) is 1. The van der Waals surface area contributed by atoms with Crippen molar-refractivity contribution >= 4 is 17.7 Å². The first-order valence-corrected chi connectivity index (χ1v) is 5.74. The second kappa shape index (κ2) is 3.52. The van der Waals surface area contributed by atoms with Crippen LogP contribution in [0.5, 0.6) is 0 Å². The summed E-state index contributed by atoms with van der Waals surface area (Å²) in [5, 5.41) is 15.9. The van der Waals surface area contributed by atoms with Crippen molar-refractivity contribution in [2.45, 2.75) is 31.3 Å². The van der Waals surface area contributed by atoms with Crippen molar-refractivity contribution < 1.29 is 9.90 Å². The first kappa shape index (κ1) is 10.5. The van der Waals surface area contributed by atoms with Gasteiger partial charge in [0, 0.05) is 5.92 Å². The van der Waals surface area contributed by atoms with Crippen LogP contribution in [0.15, 0.2) is 5.16 Å². The standard InChI is InChI=1S/C9H13N3O2S/c1-9(2)3-5(9)7-10-8(12-11-7)15-4-6(13)14/h5H,3-4H2,1-2H3,(H,13,14)(H,10,11,12). The van der Waals surface area contributed by atoms with E-state index >= 15 is 0 Å². The monoisotopic (exact) mass is 227 g/mol. The van der Waals surface area contributed by atoms with Gasteiger partial charge in [0.2, 0.25) is 5.16 Å². The summed E-state index contributed by atoms with van der Waals surface area (Å²) >= 11 is 1.14. The molecule has 0 bridgehead atoms. The number of hydrogen-bond donors (Lipinski definition) is 2. The van der Waals surface area contributed by atoms with Gasteiger partial charge in [-0.2, -0.15) is 0 Å². The topological polar surface area (TPSA) is 78.9 Å². The Morgan fingerprint density at radius 1 is 1.73 bits per heavy atom. The summed E-state index contributed by atoms with van der Waals surface area (Å²) < 4.78 is 0. The Hall–Kier alpha value is -1.04. The van der Waals surface area contributed by atoms with Gasteiger partial charge in [0.1, 0.15) is 5.82 Å². The lowest BCUT2D eigenvalue weighted by Gasteiger charge is -1.97. The maximum absolute atomic E-state index is 10.3. The van der Waals surface area contributed by atoms with Crippen molar-refractivity contribution in [2.75, 3.05) is 5.75 Å². The Morgan fingerprint density at radius 2 is 2.40 bits per heavy atom. The van der Waals surface area contributed by atoms with Crippen LogP contribution in [0.2, 0.25) is 0 Å². The van der Waals surface area contributed by atoms with Crippen LogP contribution < -0.4 is 0 Å². The van der Waals surface area contributed by atoms with E-state index in [4.69, 9.17) is 5.11 Å². The number of rotatable bonds is 4. The highest BCUT2D eigenvalue weighted by Crippen LogP contribution is 2.57. The molecule has 1 aromatic rings. The number of carbonyl (C=O) groups is 1. The van der Waals surface area contributed by atoms with E-state index in [1.165, 1.54) is 0 Å². The van der Waals surface area contributed by atoms with Gasteiger partial charge in [-0.1, -0.05) is 25.6 Å². The lowest BCUT2D eigenvalue weighted by molar-refractivity contribution is -0.133. The zero-order chi connectivity index (χ0) is 11.1. The zero-order valence-corrected chi connectivity index (χ0v) is 9.47. The molecule has 1 saturated carbocycles. The van der Waals surface area contributed by atoms with Crippen LogP contribution in [0.4, 0.5) is 0 Å². The average Bonchev–Trinajstić information content (AvgIpc) is 2.63. The van der Waals surface area contributed by atoms with Gasteiger partial charge in [0.05, 0.1) is 5.75 Å². The van der Waals surface area contributed by atoms with Crippen molar-refractivity contribution in [1.29, 1.82) is 0 Å². The molecule has 0 amide bonds. The maximum Gasteiger partial charge on any atom is 0.313 e. The highest BCUT2D eigenvalue weighted by atomic mass is 32.2. The Kier molecular flexibility index (Phi) is 2.46. The average molecular weight is 227 g/mol. The normalized spacial score (nSPS) is 22.7. The van der Waals surface area contributed by atoms with Crippen molar-refractivity contribution in [3.63, 3.8) is 0 Å². The predicted molar refractivity (Wildman–Crippen MR) is 55.9 cm³/mol. The molecule has 0 aromatic carbocycles. The van der Waals surface area contributed by atoms with Gasteiger partial charge < -0.3 is 5.11 Å². The summed E-state index contributed by atoms with van der Waals surface area (Å²) in [5.41, 5.74) is 0.314. The van der Waals surface area contributed by atoms with Gasteiger partial charge in [-0.15, -0.1) is 5.10 Å². The number of hydrogen-bond acceptors (Lipinski definition) is 4. The third kappa shape index (κ3) is 2.31. The van der Waals surface area contributed by atoms with E-state index in [-0.39, 0.29) is 5.75 Å². The number of carboxylic acid groups (broad SMARTS) is 1. The fourth-order valence-electron chi connectivity index (χ4n) is 1.54. The summed E-state index contributed by atoms with van der Waals surface area (Å²) in [4.78, 5) is 14.6. The van der Waals surface area contributed by atoms with Gasteiger partial charge >= 0.3 is 5.97 Å². The van der Waals surface area contributed by atoms with Crippen molar-refractivity contribution in [1.82, 2.24) is 15.2 Å². The molecule has 5 nitrogen and oxygen atoms in total. The quantitative estimate of drug-likeness (QED) is 0.762. The Balaban J connectivity index is 1.96. The van der Waals surface area contributed by atoms with Crippen LogP contribution >= 0.6 is 11.8 Å². The number of aliphatic carboxylic acids is 1. The molecule has 1 unspecified atom stereocenters. The first-order valence-electron chi connectivity index (χ1n) is 4.76. The van der Waals surface area contributed by atoms with Gasteiger partial charge in [-0.05, 0) is 11.8 Å². The third-order valence-electron chi connectivity index (χ3n) is 2.65. The fourth-order valence-corrected chi connectivity index (χ4v) is 2.06. The molecule has 0 saturated heterocycles. The van der Waals surface area contributed by atoms with E-state index in [1.807, 2.05) is 0 Å². The molecule has 15 heavy (non-hydrogen) atoms. The lowest BCUT2D eigenvalue weighted by atomic mass is 10.1. The Bertz CT molecular complexity index is 388. The summed E-state index contributed by atoms with van der Waals surface area (Å²) in [6, 6.07) is 0. The van der Waals surface area contributed by atoms with Crippen molar-refractivity contribution in [2.24, 2.45) is 5.41 Å². The minimum Gasteiger partial charge on any atom is -0.481 e. The molecule has 1 atom stereocenters. The highest BCUT2D eigenvalue weighted by Gasteiger charge is 2.48. The van der Waals surface area contributed by atoms with Gasteiger partial charge in [0.15, 0.2) is 0 Å². The van der Waals surface area contributed by atoms with E-state index in [2.05, 4.69) is 29.0 Å². The largest absolute Gasteiger partial charge is 0.481 e. The summed E-state index contributed by atoms with van der Waals surface area (Å²) in [7, 11) is 0. The van der Waals surface area contributed by atoms with E-state index in [0.717, 1.165) is 24.0 Å². The van der Waals surface area contributed by atoms with Gasteiger partial charge in [-0.3, -0.25) is 9.89 Å². The Labute approximate surface area is 91.7 Å². The summed E-state index contributed by atoms with van der Waals surface area (Å²) in [6.07, 6.45) is 1.12. The van der Waals surface area contributed by atoms with Crippen LogP contribution in [0.1, 0.15) is 32.0 Å². The second-order valence-electron chi connectivity index (χ2n) is 4.43. The lowest BCUT2D eigenvalue weighted by Crippen LogP contribution is -1.97. The number of thioether (sulfide) groups is 1. The smallest absolute Gasteiger partial charge is 0.313 e. The molecule has 1 aliphatic carbocycles. The fraction of sp³-hybridized carbons (Fsp3) is 0.667. The summed E-state index contributed by atoms with van der Waals surface area (Å²) in [5.74, 6) is 0.487. The number of H-pyrrole nitrogens is 1. The van der Waals surface area contributed by atoms with Crippen LogP contribution in [0.25, 0.3) is 0 Å². The second-order valence-corrected chi connectivity index (χ2v) is 5.37. The van der Waals surface area contributed by atoms with Crippen molar-refractivity contribution in [3.05, 3.63) is 5.82 Å². The molecule has 0 radical (unpaired) electrons. The number of aromatic amines is 1. The Morgan fingerprint density at radius 3 is 2.93 bits per heavy atom. The van der Waals surface area contributed by atoms with Crippen LogP contribution in [0, 0.1) is 5.41 Å². The molecule has 6 heteroatoms. The summed E-state index contributed by atoms with van der Waals surface area (Å²) in [6.45, 7) is 4.37. The molecular weight excluding hydrogens is 214 g/mol. The van der Waals surface area contributed by atoms with E-state index in [1.54, 1.807) is 0 Å². The first-order chi connectivity index (χ1) is 6.99. The van der Waals surface area contributed by atoms with Crippen LogP contribution in [-0.4, -0.2) is 32.0 Å². The molecule has 0 aliphatic heterocycles. The predicted octanol–water partition coefficient (Wildman–Crippen LogP) is 1.49. The number of nitrogens with zero attached hydrogens (tertiary/aromatic N) is 2. The molecule has 2 rings (SSSR count). The molecule has 82 valence electrons. The molecule has 0 spiro atoms. The van der Waals surface area contributed by atoms with Gasteiger partial charge in [-0.25, -0.2) is 4.98 Å². The van der Waals surface area contributed by atoms with Crippen LogP contribution in [-0.2, 0) is 4.79 Å². The maximum atomic E-state index is 10.3. The SMILES string of the molecule is CC1(C)CC1c1nc(SCC(=O)O)n[nH]1.